The lowest BCUT2D eigenvalue weighted by Crippen LogP contribution is -2.43. The Labute approximate surface area is 183 Å². The van der Waals surface area contributed by atoms with Crippen molar-refractivity contribution in [3.63, 3.8) is 0 Å². The molecule has 1 aliphatic rings. The first kappa shape index (κ1) is 24.1. The molecule has 4 amide bonds. The van der Waals surface area contributed by atoms with Crippen molar-refractivity contribution >= 4 is 29.9 Å². The average Bonchev–Trinajstić information content (AvgIpc) is 2.76. The van der Waals surface area contributed by atoms with Gasteiger partial charge < -0.3 is 15.0 Å². The van der Waals surface area contributed by atoms with E-state index in [9.17, 15) is 19.2 Å². The number of esters is 1. The number of imide groups is 1. The molecule has 0 bridgehead atoms. The van der Waals surface area contributed by atoms with Crippen molar-refractivity contribution in [2.24, 2.45) is 11.8 Å². The number of nitrogens with one attached hydrogen (secondary N) is 2. The third kappa shape index (κ3) is 9.02. The van der Waals surface area contributed by atoms with Crippen molar-refractivity contribution in [2.45, 2.75) is 33.1 Å². The van der Waals surface area contributed by atoms with Gasteiger partial charge in [-0.2, -0.15) is 0 Å². The van der Waals surface area contributed by atoms with E-state index < -0.39 is 24.5 Å². The number of hydrogen-bond acceptors (Lipinski definition) is 5. The van der Waals surface area contributed by atoms with Gasteiger partial charge in [0, 0.05) is 25.7 Å². The molecule has 1 aromatic carbocycles. The fourth-order valence-electron chi connectivity index (χ4n) is 3.11. The molecule has 0 unspecified atom stereocenters. The van der Waals surface area contributed by atoms with E-state index in [2.05, 4.69) is 10.6 Å². The molecule has 8 heteroatoms. The second kappa shape index (κ2) is 12.5. The Balaban J connectivity index is 1.66. The monoisotopic (exact) mass is 429 g/mol. The number of piperidine rings is 1. The van der Waals surface area contributed by atoms with Crippen LogP contribution in [0, 0.1) is 11.8 Å². The molecule has 2 N–H and O–H groups in total. The topological polar surface area (TPSA) is 105 Å². The van der Waals surface area contributed by atoms with Crippen LogP contribution in [0.2, 0.25) is 0 Å². The minimum Gasteiger partial charge on any atom is -0.455 e. The molecule has 1 fully saturated rings. The van der Waals surface area contributed by atoms with Crippen LogP contribution < -0.4 is 10.6 Å². The van der Waals surface area contributed by atoms with E-state index in [0.717, 1.165) is 12.0 Å². The van der Waals surface area contributed by atoms with E-state index in [1.165, 1.54) is 6.08 Å². The zero-order valence-electron chi connectivity index (χ0n) is 18.1. The summed E-state index contributed by atoms with van der Waals surface area (Å²) in [4.78, 5) is 49.6. The summed E-state index contributed by atoms with van der Waals surface area (Å²) in [5.41, 5.74) is 0.946. The zero-order chi connectivity index (χ0) is 22.6. The zero-order valence-corrected chi connectivity index (χ0v) is 18.1. The Hall–Kier alpha value is -3.16. The van der Waals surface area contributed by atoms with Crippen LogP contribution >= 0.6 is 0 Å². The third-order valence-electron chi connectivity index (χ3n) is 4.96. The third-order valence-corrected chi connectivity index (χ3v) is 4.96. The Morgan fingerprint density at radius 3 is 2.45 bits per heavy atom. The van der Waals surface area contributed by atoms with Crippen LogP contribution in [0.3, 0.4) is 0 Å². The highest BCUT2D eigenvalue weighted by Gasteiger charge is 2.28. The van der Waals surface area contributed by atoms with E-state index in [-0.39, 0.29) is 11.8 Å². The molecule has 0 radical (unpaired) electrons. The van der Waals surface area contributed by atoms with Gasteiger partial charge in [-0.05, 0) is 36.8 Å². The Morgan fingerprint density at radius 2 is 1.81 bits per heavy atom. The smallest absolute Gasteiger partial charge is 0.321 e. The van der Waals surface area contributed by atoms with Gasteiger partial charge in [-0.15, -0.1) is 0 Å². The van der Waals surface area contributed by atoms with Crippen molar-refractivity contribution in [1.29, 1.82) is 0 Å². The molecule has 0 aliphatic carbocycles. The van der Waals surface area contributed by atoms with Gasteiger partial charge in [-0.25, -0.2) is 4.79 Å². The Kier molecular flexibility index (Phi) is 9.74. The lowest BCUT2D eigenvalue weighted by molar-refractivity contribution is -0.154. The molecule has 1 aliphatic heterocycles. The molecule has 31 heavy (non-hydrogen) atoms. The molecule has 0 spiro atoms. The predicted octanol–water partition coefficient (Wildman–Crippen LogP) is 2.35. The van der Waals surface area contributed by atoms with Crippen LogP contribution in [-0.4, -0.2) is 55.0 Å². The van der Waals surface area contributed by atoms with Crippen molar-refractivity contribution < 1.29 is 23.9 Å². The number of ether oxygens (including phenoxy) is 1. The Morgan fingerprint density at radius 1 is 1.13 bits per heavy atom. The van der Waals surface area contributed by atoms with Crippen LogP contribution in [0.1, 0.15) is 38.7 Å². The van der Waals surface area contributed by atoms with Gasteiger partial charge in [-0.3, -0.25) is 19.7 Å². The van der Waals surface area contributed by atoms with E-state index in [1.807, 2.05) is 44.2 Å². The molecule has 0 aromatic heterocycles. The number of amides is 4. The summed E-state index contributed by atoms with van der Waals surface area (Å²) >= 11 is 0. The van der Waals surface area contributed by atoms with Gasteiger partial charge in [0.1, 0.15) is 0 Å². The first-order valence-corrected chi connectivity index (χ1v) is 10.6. The van der Waals surface area contributed by atoms with Gasteiger partial charge in [-0.1, -0.05) is 44.2 Å². The number of benzene rings is 1. The van der Waals surface area contributed by atoms with Crippen molar-refractivity contribution in [1.82, 2.24) is 15.5 Å². The van der Waals surface area contributed by atoms with Gasteiger partial charge >= 0.3 is 12.0 Å². The number of nitrogens with zero attached hydrogens (tertiary/aromatic N) is 1. The molecule has 0 atom stereocenters. The average molecular weight is 430 g/mol. The second-order valence-electron chi connectivity index (χ2n) is 7.94. The maximum absolute atomic E-state index is 12.3. The Bertz CT molecular complexity index is 784. The van der Waals surface area contributed by atoms with Gasteiger partial charge in [0.15, 0.2) is 6.61 Å². The van der Waals surface area contributed by atoms with Crippen LogP contribution in [-0.2, 0) is 19.1 Å². The first-order chi connectivity index (χ1) is 14.8. The number of hydrogen-bond donors (Lipinski definition) is 2. The molecule has 2 rings (SSSR count). The van der Waals surface area contributed by atoms with Crippen molar-refractivity contribution in [3.05, 3.63) is 42.0 Å². The van der Waals surface area contributed by atoms with Gasteiger partial charge in [0.25, 0.3) is 5.91 Å². The quantitative estimate of drug-likeness (QED) is 0.488. The minimum absolute atomic E-state index is 0.0986. The van der Waals surface area contributed by atoms with Crippen LogP contribution in [0.5, 0.6) is 0 Å². The number of carbonyl (C=O) groups is 4. The van der Waals surface area contributed by atoms with E-state index in [4.69, 9.17) is 4.74 Å². The summed E-state index contributed by atoms with van der Waals surface area (Å²) in [6, 6.07) is 8.95. The summed E-state index contributed by atoms with van der Waals surface area (Å²) in [6.45, 7) is 4.92. The SMILES string of the molecule is CC(C)CCNC(=O)NC(=O)COC(=O)C1CCN(C(=O)/C=C/c2ccccc2)CC1. The highest BCUT2D eigenvalue weighted by molar-refractivity contribution is 5.95. The van der Waals surface area contributed by atoms with Crippen molar-refractivity contribution in [2.75, 3.05) is 26.2 Å². The molecule has 168 valence electrons. The number of likely N-dealkylation sites (tertiary alicyclic amines) is 1. The van der Waals surface area contributed by atoms with E-state index >= 15 is 0 Å². The molecule has 8 nitrogen and oxygen atoms in total. The minimum atomic E-state index is -0.672. The number of carbonyl (C=O) groups excluding carboxylic acids is 4. The summed E-state index contributed by atoms with van der Waals surface area (Å²) in [7, 11) is 0. The lowest BCUT2D eigenvalue weighted by Gasteiger charge is -2.30. The van der Waals surface area contributed by atoms with E-state index in [1.54, 1.807) is 11.0 Å². The van der Waals surface area contributed by atoms with E-state index in [0.29, 0.717) is 38.4 Å². The highest BCUT2D eigenvalue weighted by Crippen LogP contribution is 2.19. The first-order valence-electron chi connectivity index (χ1n) is 10.6. The molecule has 1 aromatic rings. The van der Waals surface area contributed by atoms with Crippen LogP contribution in [0.4, 0.5) is 4.79 Å². The molecule has 0 saturated carbocycles. The van der Waals surface area contributed by atoms with Gasteiger partial charge in [0.05, 0.1) is 5.92 Å². The normalized spacial score (nSPS) is 14.5. The standard InChI is InChI=1S/C23H31N3O5/c1-17(2)10-13-24-23(30)25-20(27)16-31-22(29)19-11-14-26(15-12-19)21(28)9-8-18-6-4-3-5-7-18/h3-9,17,19H,10-16H2,1-2H3,(H2,24,25,27,30)/b9-8+. The highest BCUT2D eigenvalue weighted by atomic mass is 16.5. The predicted molar refractivity (Wildman–Crippen MR) is 117 cm³/mol. The maximum atomic E-state index is 12.3. The second-order valence-corrected chi connectivity index (χ2v) is 7.94. The summed E-state index contributed by atoms with van der Waals surface area (Å²) in [5, 5.41) is 4.71. The summed E-state index contributed by atoms with van der Waals surface area (Å²) in [6.07, 6.45) is 5.05. The lowest BCUT2D eigenvalue weighted by atomic mass is 9.97. The molecule has 1 saturated heterocycles. The molecular weight excluding hydrogens is 398 g/mol. The molecular formula is C23H31N3O5. The number of urea groups is 1. The fraction of sp³-hybridized carbons (Fsp3) is 0.478. The summed E-state index contributed by atoms with van der Waals surface area (Å²) in [5.74, 6) is -1.18. The summed E-state index contributed by atoms with van der Waals surface area (Å²) < 4.78 is 5.04. The fourth-order valence-corrected chi connectivity index (χ4v) is 3.11. The maximum Gasteiger partial charge on any atom is 0.321 e. The largest absolute Gasteiger partial charge is 0.455 e. The van der Waals surface area contributed by atoms with Gasteiger partial charge in [0.2, 0.25) is 5.91 Å². The van der Waals surface area contributed by atoms with Crippen LogP contribution in [0.25, 0.3) is 6.08 Å². The molecule has 1 heterocycles. The van der Waals surface area contributed by atoms with Crippen molar-refractivity contribution in [3.8, 4) is 0 Å². The number of rotatable bonds is 8. The van der Waals surface area contributed by atoms with Crippen LogP contribution in [0.15, 0.2) is 36.4 Å².